The van der Waals surface area contributed by atoms with E-state index in [0.717, 1.165) is 23.5 Å². The van der Waals surface area contributed by atoms with Crippen molar-refractivity contribution in [1.82, 2.24) is 0 Å². The van der Waals surface area contributed by atoms with Gasteiger partial charge in [0, 0.05) is 11.6 Å². The number of para-hydroxylation sites is 1. The Morgan fingerprint density at radius 1 is 1.05 bits per heavy atom. The van der Waals surface area contributed by atoms with Gasteiger partial charge in [0.25, 0.3) is 0 Å². The van der Waals surface area contributed by atoms with Gasteiger partial charge in [0.1, 0.15) is 11.5 Å². The average molecular weight is 255 g/mol. The Bertz CT molecular complexity index is 563. The third kappa shape index (κ3) is 3.15. The van der Waals surface area contributed by atoms with E-state index in [4.69, 9.17) is 10.5 Å². The standard InChI is InChI=1S/C17H21NO/c1-4-16(18)15-7-5-6-8-17(15)19-14-10-9-12(2)13(3)11-14/h5-11,16H,4,18H2,1-3H3. The first-order valence-electron chi connectivity index (χ1n) is 6.71. The zero-order valence-electron chi connectivity index (χ0n) is 11.8. The molecule has 0 aromatic heterocycles. The molecule has 100 valence electrons. The van der Waals surface area contributed by atoms with Gasteiger partial charge >= 0.3 is 0 Å². The third-order valence-corrected chi connectivity index (χ3v) is 3.46. The summed E-state index contributed by atoms with van der Waals surface area (Å²) in [6, 6.07) is 14.1. The van der Waals surface area contributed by atoms with E-state index in [-0.39, 0.29) is 6.04 Å². The molecule has 1 unspecified atom stereocenters. The molecular formula is C17H21NO. The van der Waals surface area contributed by atoms with Crippen LogP contribution in [-0.4, -0.2) is 0 Å². The smallest absolute Gasteiger partial charge is 0.132 e. The lowest BCUT2D eigenvalue weighted by molar-refractivity contribution is 0.468. The summed E-state index contributed by atoms with van der Waals surface area (Å²) in [7, 11) is 0. The molecule has 19 heavy (non-hydrogen) atoms. The zero-order chi connectivity index (χ0) is 13.8. The van der Waals surface area contributed by atoms with Gasteiger partial charge in [-0.25, -0.2) is 0 Å². The number of hydrogen-bond donors (Lipinski definition) is 1. The largest absolute Gasteiger partial charge is 0.457 e. The highest BCUT2D eigenvalue weighted by Gasteiger charge is 2.10. The Kier molecular flexibility index (Phi) is 4.23. The topological polar surface area (TPSA) is 35.2 Å². The van der Waals surface area contributed by atoms with Crippen molar-refractivity contribution in [3.8, 4) is 11.5 Å². The molecule has 0 aliphatic carbocycles. The maximum atomic E-state index is 6.12. The van der Waals surface area contributed by atoms with E-state index in [1.165, 1.54) is 11.1 Å². The molecule has 0 aliphatic heterocycles. The minimum Gasteiger partial charge on any atom is -0.457 e. The van der Waals surface area contributed by atoms with Crippen LogP contribution in [0.4, 0.5) is 0 Å². The molecule has 0 heterocycles. The summed E-state index contributed by atoms with van der Waals surface area (Å²) in [6.45, 7) is 6.27. The number of nitrogens with two attached hydrogens (primary N) is 1. The average Bonchev–Trinajstić information content (AvgIpc) is 2.43. The molecule has 2 N–H and O–H groups in total. The molecule has 2 nitrogen and oxygen atoms in total. The Morgan fingerprint density at radius 3 is 2.47 bits per heavy atom. The molecule has 0 bridgehead atoms. The van der Waals surface area contributed by atoms with Crippen LogP contribution in [0.2, 0.25) is 0 Å². The molecule has 2 heteroatoms. The lowest BCUT2D eigenvalue weighted by Crippen LogP contribution is -2.09. The van der Waals surface area contributed by atoms with E-state index < -0.39 is 0 Å². The number of benzene rings is 2. The van der Waals surface area contributed by atoms with Gasteiger partial charge in [-0.3, -0.25) is 0 Å². The van der Waals surface area contributed by atoms with E-state index in [0.29, 0.717) is 0 Å². The fourth-order valence-electron chi connectivity index (χ4n) is 2.00. The minimum atomic E-state index is 0.0164. The predicted octanol–water partition coefficient (Wildman–Crippen LogP) is 4.51. The van der Waals surface area contributed by atoms with Crippen molar-refractivity contribution in [2.45, 2.75) is 33.2 Å². The molecule has 2 aromatic rings. The molecule has 0 fully saturated rings. The van der Waals surface area contributed by atoms with Crippen LogP contribution >= 0.6 is 0 Å². The molecule has 0 radical (unpaired) electrons. The minimum absolute atomic E-state index is 0.0164. The highest BCUT2D eigenvalue weighted by Crippen LogP contribution is 2.30. The molecule has 2 aromatic carbocycles. The van der Waals surface area contributed by atoms with Gasteiger partial charge in [0.15, 0.2) is 0 Å². The van der Waals surface area contributed by atoms with Gasteiger partial charge in [-0.15, -0.1) is 0 Å². The van der Waals surface area contributed by atoms with Crippen molar-refractivity contribution in [3.63, 3.8) is 0 Å². The second kappa shape index (κ2) is 5.89. The SMILES string of the molecule is CCC(N)c1ccccc1Oc1ccc(C)c(C)c1. The van der Waals surface area contributed by atoms with Crippen LogP contribution in [0.1, 0.15) is 36.1 Å². The lowest BCUT2D eigenvalue weighted by atomic mass is 10.0. The normalized spacial score (nSPS) is 12.2. The van der Waals surface area contributed by atoms with Crippen LogP contribution in [0.5, 0.6) is 11.5 Å². The van der Waals surface area contributed by atoms with Crippen molar-refractivity contribution < 1.29 is 4.74 Å². The van der Waals surface area contributed by atoms with Crippen molar-refractivity contribution in [2.24, 2.45) is 5.73 Å². The Labute approximate surface area is 115 Å². The molecule has 2 rings (SSSR count). The van der Waals surface area contributed by atoms with E-state index in [9.17, 15) is 0 Å². The maximum absolute atomic E-state index is 6.12. The summed E-state index contributed by atoms with van der Waals surface area (Å²) < 4.78 is 5.99. The van der Waals surface area contributed by atoms with Crippen molar-refractivity contribution in [2.75, 3.05) is 0 Å². The lowest BCUT2D eigenvalue weighted by Gasteiger charge is -2.16. The maximum Gasteiger partial charge on any atom is 0.132 e. The van der Waals surface area contributed by atoms with Crippen molar-refractivity contribution >= 4 is 0 Å². The number of ether oxygens (including phenoxy) is 1. The monoisotopic (exact) mass is 255 g/mol. The van der Waals surface area contributed by atoms with Crippen LogP contribution in [0, 0.1) is 13.8 Å². The van der Waals surface area contributed by atoms with E-state index >= 15 is 0 Å². The third-order valence-electron chi connectivity index (χ3n) is 3.46. The molecule has 0 saturated carbocycles. The first-order chi connectivity index (χ1) is 9.11. The molecular weight excluding hydrogens is 234 g/mol. The van der Waals surface area contributed by atoms with Crippen LogP contribution < -0.4 is 10.5 Å². The second-order valence-corrected chi connectivity index (χ2v) is 4.90. The van der Waals surface area contributed by atoms with Gasteiger partial charge in [-0.1, -0.05) is 31.2 Å². The number of aryl methyl sites for hydroxylation is 2. The van der Waals surface area contributed by atoms with Gasteiger partial charge in [-0.2, -0.15) is 0 Å². The number of hydrogen-bond acceptors (Lipinski definition) is 2. The van der Waals surface area contributed by atoms with Crippen LogP contribution in [0.25, 0.3) is 0 Å². The zero-order valence-corrected chi connectivity index (χ0v) is 11.8. The molecule has 0 aliphatic rings. The van der Waals surface area contributed by atoms with Crippen LogP contribution in [0.15, 0.2) is 42.5 Å². The van der Waals surface area contributed by atoms with E-state index in [1.54, 1.807) is 0 Å². The summed E-state index contributed by atoms with van der Waals surface area (Å²) in [5.74, 6) is 1.71. The van der Waals surface area contributed by atoms with Crippen LogP contribution in [0.3, 0.4) is 0 Å². The summed E-state index contributed by atoms with van der Waals surface area (Å²) in [5.41, 5.74) is 9.68. The quantitative estimate of drug-likeness (QED) is 0.872. The first-order valence-corrected chi connectivity index (χ1v) is 6.71. The van der Waals surface area contributed by atoms with Gasteiger partial charge < -0.3 is 10.5 Å². The fourth-order valence-corrected chi connectivity index (χ4v) is 2.00. The van der Waals surface area contributed by atoms with Crippen molar-refractivity contribution in [3.05, 3.63) is 59.2 Å². The second-order valence-electron chi connectivity index (χ2n) is 4.90. The van der Waals surface area contributed by atoms with Gasteiger partial charge in [-0.05, 0) is 49.6 Å². The predicted molar refractivity (Wildman–Crippen MR) is 79.7 cm³/mol. The Balaban J connectivity index is 2.30. The Morgan fingerprint density at radius 2 is 1.79 bits per heavy atom. The summed E-state index contributed by atoms with van der Waals surface area (Å²) >= 11 is 0. The first kappa shape index (κ1) is 13.6. The summed E-state index contributed by atoms with van der Waals surface area (Å²) in [6.07, 6.45) is 0.896. The molecule has 1 atom stereocenters. The van der Waals surface area contributed by atoms with Crippen LogP contribution in [-0.2, 0) is 0 Å². The number of rotatable bonds is 4. The fraction of sp³-hybridized carbons (Fsp3) is 0.294. The Hall–Kier alpha value is -1.80. The van der Waals surface area contributed by atoms with Crippen molar-refractivity contribution in [1.29, 1.82) is 0 Å². The van der Waals surface area contributed by atoms with E-state index in [2.05, 4.69) is 32.9 Å². The summed E-state index contributed by atoms with van der Waals surface area (Å²) in [4.78, 5) is 0. The summed E-state index contributed by atoms with van der Waals surface area (Å²) in [5, 5.41) is 0. The van der Waals surface area contributed by atoms with E-state index in [1.807, 2.05) is 30.3 Å². The highest BCUT2D eigenvalue weighted by atomic mass is 16.5. The molecule has 0 saturated heterocycles. The molecule has 0 spiro atoms. The van der Waals surface area contributed by atoms with Gasteiger partial charge in [0.2, 0.25) is 0 Å². The molecule has 0 amide bonds. The highest BCUT2D eigenvalue weighted by molar-refractivity contribution is 5.41. The van der Waals surface area contributed by atoms with Gasteiger partial charge in [0.05, 0.1) is 0 Å².